The molecule has 0 aromatic carbocycles. The molecule has 3 nitrogen and oxygen atoms in total. The number of nitrogens with zero attached hydrogens (tertiary/aromatic N) is 1. The Kier molecular flexibility index (Phi) is 3.83. The zero-order valence-corrected chi connectivity index (χ0v) is 12.3. The molecule has 2 rings (SSSR count). The summed E-state index contributed by atoms with van der Waals surface area (Å²) in [5.74, 6) is 0.683. The summed E-state index contributed by atoms with van der Waals surface area (Å²) in [5, 5.41) is 1.79. The minimum Gasteiger partial charge on any atom is -0.207 e. The first kappa shape index (κ1) is 13.3. The smallest absolute Gasteiger partial charge is 0.207 e. The zero-order chi connectivity index (χ0) is 12.6. The van der Waals surface area contributed by atoms with Crippen molar-refractivity contribution in [3.8, 4) is 0 Å². The average molecular weight is 294 g/mol. The molecule has 1 aromatic heterocycles. The van der Waals surface area contributed by atoms with Crippen LogP contribution < -0.4 is 0 Å². The van der Waals surface area contributed by atoms with Gasteiger partial charge in [0.1, 0.15) is 0 Å². The summed E-state index contributed by atoms with van der Waals surface area (Å²) in [4.78, 5) is 1.12. The van der Waals surface area contributed by atoms with Gasteiger partial charge in [0.05, 0.1) is 10.8 Å². The minimum atomic E-state index is -3.36. The molecular formula is C11H16ClNO2S2. The third-order valence-corrected chi connectivity index (χ3v) is 6.68. The molecule has 0 spiro atoms. The van der Waals surface area contributed by atoms with Crippen LogP contribution in [0.3, 0.4) is 0 Å². The van der Waals surface area contributed by atoms with Gasteiger partial charge in [0.25, 0.3) is 0 Å². The number of thiophene rings is 1. The normalized spacial score (nSPS) is 26.5. The van der Waals surface area contributed by atoms with Crippen LogP contribution in [0.5, 0.6) is 0 Å². The molecule has 2 unspecified atom stereocenters. The molecule has 1 saturated heterocycles. The predicted octanol–water partition coefficient (Wildman–Crippen LogP) is 2.91. The fourth-order valence-corrected chi connectivity index (χ4v) is 5.82. The quantitative estimate of drug-likeness (QED) is 0.804. The Labute approximate surface area is 111 Å². The van der Waals surface area contributed by atoms with Gasteiger partial charge in [-0.2, -0.15) is 4.31 Å². The van der Waals surface area contributed by atoms with Gasteiger partial charge in [-0.3, -0.25) is 0 Å². The van der Waals surface area contributed by atoms with E-state index in [0.717, 1.165) is 11.3 Å². The number of rotatable bonds is 3. The minimum absolute atomic E-state index is 0.0816. The maximum absolute atomic E-state index is 12.5. The molecule has 17 heavy (non-hydrogen) atoms. The van der Waals surface area contributed by atoms with Crippen molar-refractivity contribution in [1.29, 1.82) is 0 Å². The molecule has 0 saturated carbocycles. The molecule has 0 N–H and O–H groups in total. The molecular weight excluding hydrogens is 278 g/mol. The van der Waals surface area contributed by atoms with Crippen LogP contribution in [0.4, 0.5) is 0 Å². The van der Waals surface area contributed by atoms with Crippen molar-refractivity contribution in [2.45, 2.75) is 37.1 Å². The highest BCUT2D eigenvalue weighted by molar-refractivity contribution is 7.89. The van der Waals surface area contributed by atoms with Crippen molar-refractivity contribution in [1.82, 2.24) is 4.31 Å². The summed E-state index contributed by atoms with van der Waals surface area (Å²) in [7, 11) is -3.36. The van der Waals surface area contributed by atoms with Gasteiger partial charge in [-0.1, -0.05) is 6.92 Å². The molecule has 1 aliphatic rings. The van der Waals surface area contributed by atoms with E-state index in [1.807, 2.05) is 6.92 Å². The molecule has 6 heteroatoms. The van der Waals surface area contributed by atoms with Crippen LogP contribution in [0.2, 0.25) is 0 Å². The SMILES string of the molecule is CC1CC(C)N(S(=O)(=O)c2ccsc2CCl)C1. The van der Waals surface area contributed by atoms with Gasteiger partial charge < -0.3 is 0 Å². The van der Waals surface area contributed by atoms with Crippen molar-refractivity contribution >= 4 is 33.0 Å². The van der Waals surface area contributed by atoms with Crippen LogP contribution in [0, 0.1) is 5.92 Å². The number of hydrogen-bond acceptors (Lipinski definition) is 3. The molecule has 1 aliphatic heterocycles. The molecule has 0 aliphatic carbocycles. The largest absolute Gasteiger partial charge is 0.244 e. The van der Waals surface area contributed by atoms with E-state index in [2.05, 4.69) is 6.92 Å². The maximum Gasteiger partial charge on any atom is 0.244 e. The molecule has 2 heterocycles. The topological polar surface area (TPSA) is 37.4 Å². The third kappa shape index (κ3) is 2.38. The van der Waals surface area contributed by atoms with Crippen LogP contribution in [0.15, 0.2) is 16.3 Å². The predicted molar refractivity (Wildman–Crippen MR) is 71.0 cm³/mol. The van der Waals surface area contributed by atoms with Crippen LogP contribution in [-0.2, 0) is 15.9 Å². The van der Waals surface area contributed by atoms with E-state index in [9.17, 15) is 8.42 Å². The first-order valence-corrected chi connectivity index (χ1v) is 8.46. The van der Waals surface area contributed by atoms with Crippen molar-refractivity contribution in [3.05, 3.63) is 16.3 Å². The van der Waals surface area contributed by atoms with Crippen LogP contribution >= 0.6 is 22.9 Å². The Morgan fingerprint density at radius 3 is 2.76 bits per heavy atom. The van der Waals surface area contributed by atoms with Gasteiger partial charge in [0.15, 0.2) is 0 Å². The second-order valence-corrected chi connectivity index (χ2v) is 7.73. The van der Waals surface area contributed by atoms with Gasteiger partial charge in [0.2, 0.25) is 10.0 Å². The summed E-state index contributed by atoms with van der Waals surface area (Å²) in [6.45, 7) is 4.66. The number of alkyl halides is 1. The van der Waals surface area contributed by atoms with Crippen LogP contribution in [0.25, 0.3) is 0 Å². The first-order valence-electron chi connectivity index (χ1n) is 5.61. The summed E-state index contributed by atoms with van der Waals surface area (Å²) in [6, 6.07) is 1.74. The molecule has 0 bridgehead atoms. The highest BCUT2D eigenvalue weighted by atomic mass is 35.5. The summed E-state index contributed by atoms with van der Waals surface area (Å²) >= 11 is 7.18. The van der Waals surface area contributed by atoms with Gasteiger partial charge in [0, 0.05) is 17.5 Å². The molecule has 0 radical (unpaired) electrons. The van der Waals surface area contributed by atoms with Crippen molar-refractivity contribution < 1.29 is 8.42 Å². The fraction of sp³-hybridized carbons (Fsp3) is 0.636. The van der Waals surface area contributed by atoms with E-state index in [4.69, 9.17) is 11.6 Å². The molecule has 2 atom stereocenters. The third-order valence-electron chi connectivity index (χ3n) is 3.14. The lowest BCUT2D eigenvalue weighted by atomic mass is 10.1. The lowest BCUT2D eigenvalue weighted by molar-refractivity contribution is 0.405. The fourth-order valence-electron chi connectivity index (χ4n) is 2.38. The van der Waals surface area contributed by atoms with Gasteiger partial charge >= 0.3 is 0 Å². The Morgan fingerprint density at radius 1 is 1.53 bits per heavy atom. The van der Waals surface area contributed by atoms with Crippen molar-refractivity contribution in [2.75, 3.05) is 6.54 Å². The summed E-state index contributed by atoms with van der Waals surface area (Å²) in [5.41, 5.74) is 0. The average Bonchev–Trinajstić information content (AvgIpc) is 2.84. The summed E-state index contributed by atoms with van der Waals surface area (Å²) < 4.78 is 26.6. The van der Waals surface area contributed by atoms with Crippen LogP contribution in [0.1, 0.15) is 25.1 Å². The molecule has 0 amide bonds. The maximum atomic E-state index is 12.5. The Bertz CT molecular complexity index is 497. The standard InChI is InChI=1S/C11H16ClNO2S2/c1-8-5-9(2)13(7-8)17(14,15)11-3-4-16-10(11)6-12/h3-4,8-9H,5-7H2,1-2H3. The summed E-state index contributed by atoms with van der Waals surface area (Å²) in [6.07, 6.45) is 0.930. The Morgan fingerprint density at radius 2 is 2.24 bits per heavy atom. The number of sulfonamides is 1. The highest BCUT2D eigenvalue weighted by Crippen LogP contribution is 2.32. The monoisotopic (exact) mass is 293 g/mol. The van der Waals surface area contributed by atoms with E-state index >= 15 is 0 Å². The Balaban J connectivity index is 2.37. The second kappa shape index (κ2) is 4.88. The molecule has 96 valence electrons. The molecule has 1 aromatic rings. The van der Waals surface area contributed by atoms with Gasteiger partial charge in [-0.25, -0.2) is 8.42 Å². The lowest BCUT2D eigenvalue weighted by Crippen LogP contribution is -2.34. The second-order valence-electron chi connectivity index (χ2n) is 4.61. The number of halogens is 1. The van der Waals surface area contributed by atoms with Crippen molar-refractivity contribution in [3.63, 3.8) is 0 Å². The van der Waals surface area contributed by atoms with Gasteiger partial charge in [-0.15, -0.1) is 22.9 Å². The van der Waals surface area contributed by atoms with E-state index in [1.54, 1.807) is 15.8 Å². The van der Waals surface area contributed by atoms with Crippen LogP contribution in [-0.4, -0.2) is 25.3 Å². The van der Waals surface area contributed by atoms with E-state index in [0.29, 0.717) is 17.4 Å². The first-order chi connectivity index (χ1) is 7.96. The van der Waals surface area contributed by atoms with Gasteiger partial charge in [-0.05, 0) is 30.7 Å². The zero-order valence-electron chi connectivity index (χ0n) is 9.89. The number of hydrogen-bond donors (Lipinski definition) is 0. The van der Waals surface area contributed by atoms with E-state index in [1.165, 1.54) is 11.3 Å². The highest BCUT2D eigenvalue weighted by Gasteiger charge is 2.37. The Hall–Kier alpha value is -0.100. The van der Waals surface area contributed by atoms with Crippen molar-refractivity contribution in [2.24, 2.45) is 5.92 Å². The van der Waals surface area contributed by atoms with E-state index in [-0.39, 0.29) is 11.9 Å². The lowest BCUT2D eigenvalue weighted by Gasteiger charge is -2.20. The molecule has 1 fully saturated rings. The van der Waals surface area contributed by atoms with E-state index < -0.39 is 10.0 Å².